The summed E-state index contributed by atoms with van der Waals surface area (Å²) in [6, 6.07) is 0. The highest BCUT2D eigenvalue weighted by Crippen LogP contribution is 2.24. The van der Waals surface area contributed by atoms with Crippen molar-refractivity contribution < 1.29 is 0 Å². The second kappa shape index (κ2) is 6.01. The first-order valence-corrected chi connectivity index (χ1v) is 7.52. The average Bonchev–Trinajstić information content (AvgIpc) is 2.68. The number of nitrogens with zero attached hydrogens (tertiary/aromatic N) is 3. The van der Waals surface area contributed by atoms with Gasteiger partial charge in [-0.3, -0.25) is 9.58 Å². The Morgan fingerprint density at radius 3 is 2.47 bits per heavy atom. The van der Waals surface area contributed by atoms with Crippen LogP contribution < -0.4 is 0 Å². The highest BCUT2D eigenvalue weighted by Gasteiger charge is 2.18. The van der Waals surface area contributed by atoms with Crippen LogP contribution in [0.3, 0.4) is 0 Å². The smallest absolute Gasteiger partial charge is 0.0767 e. The van der Waals surface area contributed by atoms with Gasteiger partial charge in [0.05, 0.1) is 15.9 Å². The molecule has 1 aromatic rings. The standard InChI is InChI=1S/C13H22BrN3/c1-3-11-13(14)12(17(4-2)15-11)10-16-8-6-5-7-9-16/h3-10H2,1-2H3. The van der Waals surface area contributed by atoms with Gasteiger partial charge in [-0.1, -0.05) is 13.3 Å². The molecule has 0 N–H and O–H groups in total. The zero-order valence-corrected chi connectivity index (χ0v) is 12.5. The minimum atomic E-state index is 0.960. The minimum Gasteiger partial charge on any atom is -0.297 e. The maximum Gasteiger partial charge on any atom is 0.0767 e. The van der Waals surface area contributed by atoms with E-state index in [9.17, 15) is 0 Å². The van der Waals surface area contributed by atoms with Crippen molar-refractivity contribution in [1.29, 1.82) is 0 Å². The molecule has 0 radical (unpaired) electrons. The van der Waals surface area contributed by atoms with Gasteiger partial charge in [0.2, 0.25) is 0 Å². The van der Waals surface area contributed by atoms with Crippen LogP contribution in [-0.4, -0.2) is 27.8 Å². The Balaban J connectivity index is 2.15. The molecule has 2 heterocycles. The van der Waals surface area contributed by atoms with Gasteiger partial charge < -0.3 is 0 Å². The van der Waals surface area contributed by atoms with Gasteiger partial charge in [-0.05, 0) is 55.2 Å². The van der Waals surface area contributed by atoms with E-state index in [1.165, 1.54) is 48.2 Å². The van der Waals surface area contributed by atoms with Crippen molar-refractivity contribution in [2.45, 2.75) is 52.6 Å². The fourth-order valence-electron chi connectivity index (χ4n) is 2.50. The number of rotatable bonds is 4. The molecule has 0 atom stereocenters. The first-order valence-electron chi connectivity index (χ1n) is 6.72. The summed E-state index contributed by atoms with van der Waals surface area (Å²) in [5, 5.41) is 4.66. The second-order valence-corrected chi connectivity index (χ2v) is 5.51. The average molecular weight is 300 g/mol. The zero-order valence-electron chi connectivity index (χ0n) is 10.9. The molecule has 1 saturated heterocycles. The number of aryl methyl sites for hydroxylation is 2. The zero-order chi connectivity index (χ0) is 12.3. The highest BCUT2D eigenvalue weighted by atomic mass is 79.9. The van der Waals surface area contributed by atoms with Crippen LogP contribution in [0.15, 0.2) is 4.47 Å². The predicted octanol–water partition coefficient (Wildman–Crippen LogP) is 3.21. The molecule has 0 saturated carbocycles. The molecular weight excluding hydrogens is 278 g/mol. The van der Waals surface area contributed by atoms with Gasteiger partial charge in [0.25, 0.3) is 0 Å². The van der Waals surface area contributed by atoms with E-state index in [0.717, 1.165) is 19.5 Å². The Bertz CT molecular complexity index is 367. The Kier molecular flexibility index (Phi) is 4.62. The Morgan fingerprint density at radius 2 is 1.88 bits per heavy atom. The molecule has 0 spiro atoms. The van der Waals surface area contributed by atoms with Crippen LogP contribution in [0, 0.1) is 0 Å². The summed E-state index contributed by atoms with van der Waals surface area (Å²) in [6.45, 7) is 8.81. The van der Waals surface area contributed by atoms with Crippen molar-refractivity contribution in [3.8, 4) is 0 Å². The molecule has 1 aliphatic rings. The van der Waals surface area contributed by atoms with E-state index in [4.69, 9.17) is 0 Å². The van der Waals surface area contributed by atoms with Gasteiger partial charge in [0.15, 0.2) is 0 Å². The molecule has 0 aliphatic carbocycles. The number of halogens is 1. The van der Waals surface area contributed by atoms with Crippen LogP contribution >= 0.6 is 15.9 Å². The maximum atomic E-state index is 4.66. The molecule has 0 amide bonds. The lowest BCUT2D eigenvalue weighted by Crippen LogP contribution is -2.30. The second-order valence-electron chi connectivity index (χ2n) is 4.71. The molecule has 0 bridgehead atoms. The van der Waals surface area contributed by atoms with Crippen molar-refractivity contribution in [3.05, 3.63) is 15.9 Å². The number of hydrogen-bond acceptors (Lipinski definition) is 2. The lowest BCUT2D eigenvalue weighted by molar-refractivity contribution is 0.214. The number of piperidine rings is 1. The summed E-state index contributed by atoms with van der Waals surface area (Å²) in [5.74, 6) is 0. The maximum absolute atomic E-state index is 4.66. The molecule has 3 nitrogen and oxygen atoms in total. The molecule has 96 valence electrons. The lowest BCUT2D eigenvalue weighted by atomic mass is 10.1. The van der Waals surface area contributed by atoms with Crippen LogP contribution in [-0.2, 0) is 19.5 Å². The summed E-state index contributed by atoms with van der Waals surface area (Å²) in [5.41, 5.74) is 2.55. The Morgan fingerprint density at radius 1 is 1.18 bits per heavy atom. The van der Waals surface area contributed by atoms with Crippen molar-refractivity contribution in [2.75, 3.05) is 13.1 Å². The van der Waals surface area contributed by atoms with E-state index in [0.29, 0.717) is 0 Å². The van der Waals surface area contributed by atoms with E-state index in [1.54, 1.807) is 0 Å². The molecule has 1 aromatic heterocycles. The molecule has 17 heavy (non-hydrogen) atoms. The first kappa shape index (κ1) is 13.1. The van der Waals surface area contributed by atoms with Gasteiger partial charge in [0.1, 0.15) is 0 Å². The summed E-state index contributed by atoms with van der Waals surface area (Å²) < 4.78 is 3.38. The van der Waals surface area contributed by atoms with Crippen LogP contribution in [0.25, 0.3) is 0 Å². The number of hydrogen-bond donors (Lipinski definition) is 0. The minimum absolute atomic E-state index is 0.960. The molecule has 0 unspecified atom stereocenters. The topological polar surface area (TPSA) is 21.1 Å². The highest BCUT2D eigenvalue weighted by molar-refractivity contribution is 9.10. The molecule has 4 heteroatoms. The van der Waals surface area contributed by atoms with Gasteiger partial charge >= 0.3 is 0 Å². The summed E-state index contributed by atoms with van der Waals surface area (Å²) in [4.78, 5) is 2.55. The SMILES string of the molecule is CCc1nn(CC)c(CN2CCCCC2)c1Br. The van der Waals surface area contributed by atoms with Crippen molar-refractivity contribution >= 4 is 15.9 Å². The van der Waals surface area contributed by atoms with Crippen LogP contribution in [0.4, 0.5) is 0 Å². The van der Waals surface area contributed by atoms with Crippen LogP contribution in [0.2, 0.25) is 0 Å². The molecule has 1 aliphatic heterocycles. The summed E-state index contributed by atoms with van der Waals surface area (Å²) in [7, 11) is 0. The lowest BCUT2D eigenvalue weighted by Gasteiger charge is -2.26. The van der Waals surface area contributed by atoms with Gasteiger partial charge in [-0.15, -0.1) is 0 Å². The third kappa shape index (κ3) is 2.91. The third-order valence-corrected chi connectivity index (χ3v) is 4.43. The third-order valence-electron chi connectivity index (χ3n) is 3.52. The van der Waals surface area contributed by atoms with Crippen LogP contribution in [0.5, 0.6) is 0 Å². The van der Waals surface area contributed by atoms with Crippen molar-refractivity contribution in [3.63, 3.8) is 0 Å². The van der Waals surface area contributed by atoms with E-state index in [1.807, 2.05) is 0 Å². The van der Waals surface area contributed by atoms with E-state index < -0.39 is 0 Å². The molecule has 2 rings (SSSR count). The quantitative estimate of drug-likeness (QED) is 0.851. The van der Waals surface area contributed by atoms with E-state index >= 15 is 0 Å². The van der Waals surface area contributed by atoms with Crippen molar-refractivity contribution in [1.82, 2.24) is 14.7 Å². The van der Waals surface area contributed by atoms with Gasteiger partial charge in [0, 0.05) is 13.1 Å². The van der Waals surface area contributed by atoms with Crippen molar-refractivity contribution in [2.24, 2.45) is 0 Å². The molecular formula is C13H22BrN3. The number of aromatic nitrogens is 2. The largest absolute Gasteiger partial charge is 0.297 e. The fraction of sp³-hybridized carbons (Fsp3) is 0.769. The normalized spacial score (nSPS) is 17.6. The monoisotopic (exact) mass is 299 g/mol. The molecule has 1 fully saturated rings. The van der Waals surface area contributed by atoms with E-state index in [2.05, 4.69) is 44.5 Å². The predicted molar refractivity (Wildman–Crippen MR) is 74.1 cm³/mol. The number of likely N-dealkylation sites (tertiary alicyclic amines) is 1. The Labute approximate surface area is 112 Å². The first-order chi connectivity index (χ1) is 8.26. The Hall–Kier alpha value is -0.350. The summed E-state index contributed by atoms with van der Waals surface area (Å²) >= 11 is 3.72. The van der Waals surface area contributed by atoms with E-state index in [-0.39, 0.29) is 0 Å². The fourth-order valence-corrected chi connectivity index (χ4v) is 3.19. The van der Waals surface area contributed by atoms with Crippen LogP contribution in [0.1, 0.15) is 44.5 Å². The van der Waals surface area contributed by atoms with Gasteiger partial charge in [-0.2, -0.15) is 5.10 Å². The molecule has 0 aromatic carbocycles. The summed E-state index contributed by atoms with van der Waals surface area (Å²) in [6.07, 6.45) is 5.09. The van der Waals surface area contributed by atoms with Gasteiger partial charge in [-0.25, -0.2) is 0 Å².